The predicted octanol–water partition coefficient (Wildman–Crippen LogP) is 3.56. The number of sulfone groups is 1. The third-order valence-corrected chi connectivity index (χ3v) is 5.37. The van der Waals surface area contributed by atoms with Gasteiger partial charge in [-0.3, -0.25) is 0 Å². The van der Waals surface area contributed by atoms with Crippen LogP contribution >= 0.6 is 0 Å². The van der Waals surface area contributed by atoms with Gasteiger partial charge in [0.1, 0.15) is 0 Å². The van der Waals surface area contributed by atoms with E-state index in [1.54, 1.807) is 30.3 Å². The highest BCUT2D eigenvalue weighted by Crippen LogP contribution is 2.28. The van der Waals surface area contributed by atoms with Crippen LogP contribution in [-0.2, 0) is 15.6 Å². The predicted molar refractivity (Wildman–Crippen MR) is 83.2 cm³/mol. The van der Waals surface area contributed by atoms with E-state index < -0.39 is 15.1 Å². The van der Waals surface area contributed by atoms with Crippen LogP contribution in [0, 0.1) is 18.3 Å². The Balaban J connectivity index is 2.33. The number of aryl methyl sites for hydroxylation is 1. The molecule has 0 N–H and O–H groups in total. The van der Waals surface area contributed by atoms with Crippen molar-refractivity contribution in [3.63, 3.8) is 0 Å². The molecule has 0 heterocycles. The zero-order chi connectivity index (χ0) is 15.3. The fourth-order valence-corrected chi connectivity index (χ4v) is 4.08. The first-order chi connectivity index (χ1) is 10.0. The monoisotopic (exact) mass is 299 g/mol. The van der Waals surface area contributed by atoms with Crippen LogP contribution in [0.5, 0.6) is 0 Å². The van der Waals surface area contributed by atoms with Gasteiger partial charge in [-0.15, -0.1) is 0 Å². The zero-order valence-electron chi connectivity index (χ0n) is 11.9. The van der Waals surface area contributed by atoms with Gasteiger partial charge in [-0.2, -0.15) is 5.26 Å². The van der Waals surface area contributed by atoms with Crippen LogP contribution in [0.4, 0.5) is 0 Å². The summed E-state index contributed by atoms with van der Waals surface area (Å²) in [5.74, 6) is -0.0457. The Morgan fingerprint density at radius 1 is 1.10 bits per heavy atom. The van der Waals surface area contributed by atoms with E-state index in [4.69, 9.17) is 5.26 Å². The Hall–Kier alpha value is -2.12. The molecule has 21 heavy (non-hydrogen) atoms. The van der Waals surface area contributed by atoms with Crippen LogP contribution in [-0.4, -0.2) is 8.42 Å². The molecule has 0 aromatic heterocycles. The van der Waals surface area contributed by atoms with E-state index in [2.05, 4.69) is 0 Å². The molecule has 2 aromatic rings. The number of hydrogen-bond donors (Lipinski definition) is 0. The van der Waals surface area contributed by atoms with Gasteiger partial charge in [-0.05, 0) is 18.1 Å². The number of nitriles is 1. The van der Waals surface area contributed by atoms with Crippen LogP contribution in [0.25, 0.3) is 0 Å². The first kappa shape index (κ1) is 15.3. The average molecular weight is 299 g/mol. The molecule has 2 rings (SSSR count). The van der Waals surface area contributed by atoms with E-state index >= 15 is 0 Å². The molecule has 0 fully saturated rings. The second-order valence-corrected chi connectivity index (χ2v) is 7.24. The molecule has 1 atom stereocenters. The smallest absolute Gasteiger partial charge is 0.162 e. The van der Waals surface area contributed by atoms with Gasteiger partial charge in [-0.1, -0.05) is 60.2 Å². The fourth-order valence-electron chi connectivity index (χ4n) is 2.34. The molecule has 3 nitrogen and oxygen atoms in total. The Kier molecular flexibility index (Phi) is 4.77. The topological polar surface area (TPSA) is 57.9 Å². The van der Waals surface area contributed by atoms with Crippen LogP contribution in [0.15, 0.2) is 54.6 Å². The molecular formula is C17H17NO2S. The summed E-state index contributed by atoms with van der Waals surface area (Å²) < 4.78 is 25.3. The van der Waals surface area contributed by atoms with Crippen molar-refractivity contribution < 1.29 is 8.42 Å². The number of benzene rings is 2. The standard InChI is InChI=1S/C17H17NO2S/c1-14-6-5-7-15(12-14)13-21(19,20)17(10-11-18)16-8-3-2-4-9-16/h2-9,12,17H,10,13H2,1H3. The molecule has 0 aliphatic rings. The molecule has 0 saturated heterocycles. The summed E-state index contributed by atoms with van der Waals surface area (Å²) in [6.45, 7) is 1.93. The number of hydrogen-bond acceptors (Lipinski definition) is 3. The second-order valence-electron chi connectivity index (χ2n) is 5.06. The van der Waals surface area contributed by atoms with E-state index in [9.17, 15) is 8.42 Å². The van der Waals surface area contributed by atoms with Crippen molar-refractivity contribution in [2.24, 2.45) is 0 Å². The van der Waals surface area contributed by atoms with Gasteiger partial charge >= 0.3 is 0 Å². The van der Waals surface area contributed by atoms with Crippen molar-refractivity contribution >= 4 is 9.84 Å². The lowest BCUT2D eigenvalue weighted by atomic mass is 10.1. The van der Waals surface area contributed by atoms with E-state index in [0.717, 1.165) is 11.1 Å². The molecule has 0 aliphatic heterocycles. The second kappa shape index (κ2) is 6.55. The van der Waals surface area contributed by atoms with Crippen molar-refractivity contribution in [3.05, 3.63) is 71.3 Å². The molecule has 0 saturated carbocycles. The Morgan fingerprint density at radius 2 is 1.81 bits per heavy atom. The van der Waals surface area contributed by atoms with Gasteiger partial charge in [0.15, 0.2) is 9.84 Å². The molecule has 0 spiro atoms. The van der Waals surface area contributed by atoms with Gasteiger partial charge in [0.2, 0.25) is 0 Å². The number of nitrogens with zero attached hydrogens (tertiary/aromatic N) is 1. The Bertz CT molecular complexity index is 746. The quantitative estimate of drug-likeness (QED) is 0.848. The first-order valence-electron chi connectivity index (χ1n) is 6.72. The normalized spacial score (nSPS) is 12.6. The summed E-state index contributed by atoms with van der Waals surface area (Å²) in [4.78, 5) is 0. The van der Waals surface area contributed by atoms with Crippen molar-refractivity contribution in [1.29, 1.82) is 5.26 Å². The highest BCUT2D eigenvalue weighted by Gasteiger charge is 2.27. The van der Waals surface area contributed by atoms with Gasteiger partial charge in [0.05, 0.1) is 23.5 Å². The maximum Gasteiger partial charge on any atom is 0.162 e. The minimum atomic E-state index is -3.43. The van der Waals surface area contributed by atoms with E-state index in [1.807, 2.05) is 37.3 Å². The largest absolute Gasteiger partial charge is 0.228 e. The summed E-state index contributed by atoms with van der Waals surface area (Å²) in [6.07, 6.45) is -0.0296. The van der Waals surface area contributed by atoms with Crippen molar-refractivity contribution in [2.75, 3.05) is 0 Å². The third kappa shape index (κ3) is 3.93. The molecule has 4 heteroatoms. The molecule has 0 bridgehead atoms. The van der Waals surface area contributed by atoms with Crippen LogP contribution < -0.4 is 0 Å². The van der Waals surface area contributed by atoms with Crippen molar-refractivity contribution in [2.45, 2.75) is 24.3 Å². The maximum atomic E-state index is 12.7. The van der Waals surface area contributed by atoms with E-state index in [1.165, 1.54) is 0 Å². The summed E-state index contributed by atoms with van der Waals surface area (Å²) in [5, 5.41) is 8.18. The molecule has 0 radical (unpaired) electrons. The third-order valence-electron chi connectivity index (χ3n) is 3.33. The van der Waals surface area contributed by atoms with Crippen LogP contribution in [0.1, 0.15) is 28.4 Å². The average Bonchev–Trinajstić information content (AvgIpc) is 2.45. The zero-order valence-corrected chi connectivity index (χ0v) is 12.7. The lowest BCUT2D eigenvalue weighted by Crippen LogP contribution is -2.15. The van der Waals surface area contributed by atoms with Crippen LogP contribution in [0.2, 0.25) is 0 Å². The number of rotatable bonds is 5. The van der Waals surface area contributed by atoms with Crippen molar-refractivity contribution in [3.8, 4) is 6.07 Å². The lowest BCUT2D eigenvalue weighted by Gasteiger charge is -2.15. The van der Waals surface area contributed by atoms with E-state index in [0.29, 0.717) is 5.56 Å². The Morgan fingerprint density at radius 3 is 2.43 bits per heavy atom. The summed E-state index contributed by atoms with van der Waals surface area (Å²) in [5.41, 5.74) is 2.46. The van der Waals surface area contributed by atoms with E-state index in [-0.39, 0.29) is 12.2 Å². The summed E-state index contributed by atoms with van der Waals surface area (Å²) in [7, 11) is -3.43. The molecular weight excluding hydrogens is 282 g/mol. The molecule has 108 valence electrons. The molecule has 1 unspecified atom stereocenters. The fraction of sp³-hybridized carbons (Fsp3) is 0.235. The van der Waals surface area contributed by atoms with Gasteiger partial charge < -0.3 is 0 Å². The highest BCUT2D eigenvalue weighted by atomic mass is 32.2. The summed E-state index contributed by atoms with van der Waals surface area (Å²) >= 11 is 0. The highest BCUT2D eigenvalue weighted by molar-refractivity contribution is 7.90. The van der Waals surface area contributed by atoms with Gasteiger partial charge in [-0.25, -0.2) is 8.42 Å². The minimum Gasteiger partial charge on any atom is -0.228 e. The maximum absolute atomic E-state index is 12.7. The molecule has 2 aromatic carbocycles. The van der Waals surface area contributed by atoms with Gasteiger partial charge in [0.25, 0.3) is 0 Å². The van der Waals surface area contributed by atoms with Crippen molar-refractivity contribution in [1.82, 2.24) is 0 Å². The Labute approximate surface area is 125 Å². The SMILES string of the molecule is Cc1cccc(CS(=O)(=O)C(CC#N)c2ccccc2)c1. The van der Waals surface area contributed by atoms with Gasteiger partial charge in [0, 0.05) is 0 Å². The minimum absolute atomic E-state index is 0.0296. The molecule has 0 amide bonds. The van der Waals surface area contributed by atoms with Crippen LogP contribution in [0.3, 0.4) is 0 Å². The lowest BCUT2D eigenvalue weighted by molar-refractivity contribution is 0.581. The summed E-state index contributed by atoms with van der Waals surface area (Å²) in [6, 6.07) is 18.4. The first-order valence-corrected chi connectivity index (χ1v) is 8.43. The molecule has 0 aliphatic carbocycles.